The van der Waals surface area contributed by atoms with E-state index in [2.05, 4.69) is 4.98 Å². The lowest BCUT2D eigenvalue weighted by Crippen LogP contribution is -2.03. The van der Waals surface area contributed by atoms with Crippen molar-refractivity contribution in [3.8, 4) is 17.2 Å². The van der Waals surface area contributed by atoms with Gasteiger partial charge in [0, 0.05) is 0 Å². The van der Waals surface area contributed by atoms with Crippen LogP contribution in [0.2, 0.25) is 0 Å². The molecule has 5 heteroatoms. The number of nitrogens with zero attached hydrogens (tertiary/aromatic N) is 2. The smallest absolute Gasteiger partial charge is 0.206 e. The van der Waals surface area contributed by atoms with E-state index >= 15 is 0 Å². The van der Waals surface area contributed by atoms with Crippen molar-refractivity contribution >= 4 is 17.0 Å². The number of phenolic OH excluding ortho intramolecular Hbond substituents is 1. The molecule has 19 heavy (non-hydrogen) atoms. The summed E-state index contributed by atoms with van der Waals surface area (Å²) in [6.07, 6.45) is 0. The molecular formula is C14H13N3O2. The first-order valence-corrected chi connectivity index (χ1v) is 5.81. The third-order valence-corrected chi connectivity index (χ3v) is 3.01. The third-order valence-electron chi connectivity index (χ3n) is 3.01. The Balaban J connectivity index is 2.39. The van der Waals surface area contributed by atoms with Crippen LogP contribution >= 0.6 is 0 Å². The van der Waals surface area contributed by atoms with Crippen LogP contribution in [0.15, 0.2) is 42.5 Å². The predicted octanol–water partition coefficient (Wildman–Crippen LogP) is 2.32. The van der Waals surface area contributed by atoms with Gasteiger partial charge in [0.25, 0.3) is 0 Å². The zero-order valence-corrected chi connectivity index (χ0v) is 10.4. The van der Waals surface area contributed by atoms with Gasteiger partial charge in [-0.3, -0.25) is 4.57 Å². The van der Waals surface area contributed by atoms with Crippen molar-refractivity contribution in [3.05, 3.63) is 42.5 Å². The van der Waals surface area contributed by atoms with Crippen LogP contribution in [0, 0.1) is 0 Å². The fraction of sp³-hybridized carbons (Fsp3) is 0.0714. The van der Waals surface area contributed by atoms with Gasteiger partial charge in [-0.25, -0.2) is 4.98 Å². The van der Waals surface area contributed by atoms with E-state index in [0.29, 0.717) is 17.4 Å². The Kier molecular flexibility index (Phi) is 2.52. The van der Waals surface area contributed by atoms with E-state index in [4.69, 9.17) is 10.5 Å². The number of rotatable bonds is 2. The summed E-state index contributed by atoms with van der Waals surface area (Å²) in [6, 6.07) is 12.6. The van der Waals surface area contributed by atoms with E-state index in [1.807, 2.05) is 24.3 Å². The van der Waals surface area contributed by atoms with Crippen LogP contribution in [-0.2, 0) is 0 Å². The molecule has 2 aromatic carbocycles. The molecule has 3 N–H and O–H groups in total. The number of benzene rings is 2. The average molecular weight is 255 g/mol. The number of phenols is 1. The molecule has 0 atom stereocenters. The minimum Gasteiger partial charge on any atom is -0.506 e. The Morgan fingerprint density at radius 3 is 2.74 bits per heavy atom. The molecule has 3 rings (SSSR count). The number of methoxy groups -OCH3 is 1. The number of ether oxygens (including phenoxy) is 1. The van der Waals surface area contributed by atoms with E-state index in [9.17, 15) is 5.11 Å². The molecule has 0 aliphatic rings. The minimum absolute atomic E-state index is 0.0919. The molecule has 5 nitrogen and oxygen atoms in total. The molecule has 0 spiro atoms. The van der Waals surface area contributed by atoms with Crippen LogP contribution in [0.4, 0.5) is 5.95 Å². The Bertz CT molecular complexity index is 750. The maximum Gasteiger partial charge on any atom is 0.206 e. The van der Waals surface area contributed by atoms with Gasteiger partial charge >= 0.3 is 0 Å². The maximum absolute atomic E-state index is 10.1. The van der Waals surface area contributed by atoms with E-state index in [0.717, 1.165) is 11.0 Å². The molecule has 1 aromatic heterocycles. The van der Waals surface area contributed by atoms with Gasteiger partial charge in [0.2, 0.25) is 5.95 Å². The average Bonchev–Trinajstić information content (AvgIpc) is 2.74. The highest BCUT2D eigenvalue weighted by atomic mass is 16.5. The summed E-state index contributed by atoms with van der Waals surface area (Å²) in [5.74, 6) is 0.935. The van der Waals surface area contributed by atoms with Gasteiger partial charge in [0.05, 0.1) is 18.1 Å². The molecule has 0 saturated heterocycles. The molecule has 0 saturated carbocycles. The summed E-state index contributed by atoms with van der Waals surface area (Å²) in [6.45, 7) is 0. The molecule has 3 aromatic rings. The van der Waals surface area contributed by atoms with Crippen molar-refractivity contribution in [1.29, 1.82) is 0 Å². The van der Waals surface area contributed by atoms with Crippen LogP contribution in [0.3, 0.4) is 0 Å². The quantitative estimate of drug-likeness (QED) is 0.737. The van der Waals surface area contributed by atoms with Crippen LogP contribution in [0.25, 0.3) is 16.7 Å². The standard InChI is InChI=1S/C14H13N3O2/c1-19-12-8-4-7-11(18)13(12)17-10-6-3-2-5-9(10)16-14(17)15/h2-8,18H,1H3,(H2,15,16). The van der Waals surface area contributed by atoms with Crippen molar-refractivity contribution < 1.29 is 9.84 Å². The lowest BCUT2D eigenvalue weighted by molar-refractivity contribution is 0.405. The topological polar surface area (TPSA) is 73.3 Å². The van der Waals surface area contributed by atoms with Gasteiger partial charge in [-0.1, -0.05) is 18.2 Å². The summed E-state index contributed by atoms with van der Waals surface area (Å²) >= 11 is 0. The van der Waals surface area contributed by atoms with Gasteiger partial charge in [-0.15, -0.1) is 0 Å². The molecule has 0 aliphatic heterocycles. The van der Waals surface area contributed by atoms with Gasteiger partial charge in [0.1, 0.15) is 17.2 Å². The summed E-state index contributed by atoms with van der Waals surface area (Å²) in [4.78, 5) is 4.28. The first-order chi connectivity index (χ1) is 9.22. The summed E-state index contributed by atoms with van der Waals surface area (Å²) in [5.41, 5.74) is 8.05. The van der Waals surface area contributed by atoms with Crippen molar-refractivity contribution in [3.63, 3.8) is 0 Å². The molecule has 0 fully saturated rings. The number of fused-ring (bicyclic) bond motifs is 1. The van der Waals surface area contributed by atoms with E-state index in [-0.39, 0.29) is 5.75 Å². The molecule has 0 amide bonds. The molecule has 0 radical (unpaired) electrons. The number of hydrogen-bond donors (Lipinski definition) is 2. The first-order valence-electron chi connectivity index (χ1n) is 5.81. The normalized spacial score (nSPS) is 10.8. The molecule has 0 aliphatic carbocycles. The lowest BCUT2D eigenvalue weighted by Gasteiger charge is -2.13. The van der Waals surface area contributed by atoms with Crippen molar-refractivity contribution in [2.75, 3.05) is 12.8 Å². The SMILES string of the molecule is COc1cccc(O)c1-n1c(N)nc2ccccc21. The van der Waals surface area contributed by atoms with E-state index in [1.54, 1.807) is 29.9 Å². The molecule has 0 unspecified atom stereocenters. The highest BCUT2D eigenvalue weighted by molar-refractivity contribution is 5.82. The fourth-order valence-electron chi connectivity index (χ4n) is 2.18. The molecular weight excluding hydrogens is 242 g/mol. The Labute approximate surface area is 109 Å². The van der Waals surface area contributed by atoms with Gasteiger partial charge in [0.15, 0.2) is 0 Å². The van der Waals surface area contributed by atoms with Crippen molar-refractivity contribution in [1.82, 2.24) is 9.55 Å². The number of hydrogen-bond acceptors (Lipinski definition) is 4. The number of imidazole rings is 1. The van der Waals surface area contributed by atoms with E-state index < -0.39 is 0 Å². The monoisotopic (exact) mass is 255 g/mol. The van der Waals surface area contributed by atoms with E-state index in [1.165, 1.54) is 0 Å². The number of para-hydroxylation sites is 3. The molecule has 1 heterocycles. The van der Waals surface area contributed by atoms with Gasteiger partial charge in [-0.2, -0.15) is 0 Å². The zero-order chi connectivity index (χ0) is 13.4. The van der Waals surface area contributed by atoms with Gasteiger partial charge in [-0.05, 0) is 24.3 Å². The highest BCUT2D eigenvalue weighted by Gasteiger charge is 2.16. The van der Waals surface area contributed by atoms with Crippen LogP contribution < -0.4 is 10.5 Å². The maximum atomic E-state index is 10.1. The van der Waals surface area contributed by atoms with Crippen LogP contribution in [0.1, 0.15) is 0 Å². The van der Waals surface area contributed by atoms with Crippen LogP contribution in [0.5, 0.6) is 11.5 Å². The van der Waals surface area contributed by atoms with Crippen molar-refractivity contribution in [2.45, 2.75) is 0 Å². The summed E-state index contributed by atoms with van der Waals surface area (Å²) < 4.78 is 6.97. The molecule has 96 valence electrons. The number of aromatic nitrogens is 2. The van der Waals surface area contributed by atoms with Gasteiger partial charge < -0.3 is 15.6 Å². The Morgan fingerprint density at radius 1 is 1.16 bits per heavy atom. The Morgan fingerprint density at radius 2 is 1.95 bits per heavy atom. The first kappa shape index (κ1) is 11.4. The fourth-order valence-corrected chi connectivity index (χ4v) is 2.18. The second-order valence-electron chi connectivity index (χ2n) is 4.12. The van der Waals surface area contributed by atoms with Crippen LogP contribution in [-0.4, -0.2) is 21.8 Å². The number of nitrogen functional groups attached to an aromatic ring is 1. The molecule has 0 bridgehead atoms. The lowest BCUT2D eigenvalue weighted by atomic mass is 10.2. The largest absolute Gasteiger partial charge is 0.506 e. The summed E-state index contributed by atoms with van der Waals surface area (Å²) in [5, 5.41) is 10.1. The number of anilines is 1. The summed E-state index contributed by atoms with van der Waals surface area (Å²) in [7, 11) is 1.55. The highest BCUT2D eigenvalue weighted by Crippen LogP contribution is 2.35. The zero-order valence-electron chi connectivity index (χ0n) is 10.4. The minimum atomic E-state index is 0.0919. The van der Waals surface area contributed by atoms with Crippen molar-refractivity contribution in [2.24, 2.45) is 0 Å². The third kappa shape index (κ3) is 1.67. The Hall–Kier alpha value is -2.69. The second-order valence-corrected chi connectivity index (χ2v) is 4.12. The number of nitrogens with two attached hydrogens (primary N) is 1. The second kappa shape index (κ2) is 4.20. The predicted molar refractivity (Wildman–Crippen MR) is 73.7 cm³/mol. The number of aromatic hydroxyl groups is 1.